The van der Waals surface area contributed by atoms with E-state index in [1.807, 2.05) is 75.5 Å². The number of rotatable bonds is 0. The van der Waals surface area contributed by atoms with Crippen LogP contribution in [0.15, 0.2) is 123 Å². The van der Waals surface area contributed by atoms with Crippen molar-refractivity contribution in [3.63, 3.8) is 0 Å². The molecule has 0 aliphatic heterocycles. The molecule has 0 aliphatic carbocycles. The van der Waals surface area contributed by atoms with Gasteiger partial charge in [-0.3, -0.25) is 19.9 Å². The summed E-state index contributed by atoms with van der Waals surface area (Å²) in [6, 6.07) is 15.6. The fourth-order valence-electron chi connectivity index (χ4n) is 2.16. The maximum atomic E-state index is 4.03. The van der Waals surface area contributed by atoms with E-state index < -0.39 is 0 Å². The summed E-state index contributed by atoms with van der Waals surface area (Å²) < 4.78 is 6.95. The zero-order valence-electron chi connectivity index (χ0n) is 21.5. The van der Waals surface area contributed by atoms with Crippen molar-refractivity contribution in [2.45, 2.75) is 20.8 Å². The van der Waals surface area contributed by atoms with Crippen LogP contribution in [0.3, 0.4) is 0 Å². The SMILES string of the molecule is Brc1ccc(Br)nc1.Brc1cncc(Br)c1.Cc1ccc(Br)cn1.Cc1ccc(Br)cn1.Cc1cncc(Br)c1. The van der Waals surface area contributed by atoms with Gasteiger partial charge in [0.2, 0.25) is 0 Å². The molecule has 5 nitrogen and oxygen atoms in total. The van der Waals surface area contributed by atoms with Crippen LogP contribution in [0, 0.1) is 20.8 Å². The highest BCUT2D eigenvalue weighted by Gasteiger charge is 1.87. The molecule has 0 saturated heterocycles. The molecule has 0 radical (unpaired) electrons. The van der Waals surface area contributed by atoms with Gasteiger partial charge in [-0.1, -0.05) is 0 Å². The Labute approximate surface area is 294 Å². The first kappa shape index (κ1) is 37.1. The summed E-state index contributed by atoms with van der Waals surface area (Å²) >= 11 is 22.9. The third-order valence-electron chi connectivity index (χ3n) is 3.95. The first-order chi connectivity index (χ1) is 18.9. The summed E-state index contributed by atoms with van der Waals surface area (Å²) in [5.74, 6) is 0. The number of aromatic nitrogens is 5. The minimum absolute atomic E-state index is 0.862. The second kappa shape index (κ2) is 21.8. The van der Waals surface area contributed by atoms with E-state index in [4.69, 9.17) is 0 Å². The number of pyridine rings is 5. The third-order valence-corrected chi connectivity index (χ3v) is 7.13. The van der Waals surface area contributed by atoms with Gasteiger partial charge in [-0.25, -0.2) is 4.98 Å². The number of hydrogen-bond donors (Lipinski definition) is 0. The molecule has 0 spiro atoms. The molecule has 5 rings (SSSR count). The van der Waals surface area contributed by atoms with Crippen LogP contribution >= 0.6 is 112 Å². The first-order valence-electron chi connectivity index (χ1n) is 11.2. The predicted octanol–water partition coefficient (Wildman–Crippen LogP) is 11.7. The number of aryl methyl sites for hydroxylation is 3. The minimum atomic E-state index is 0.862. The summed E-state index contributed by atoms with van der Waals surface area (Å²) in [6.45, 7) is 5.94. The Morgan fingerprint density at radius 2 is 0.800 bits per heavy atom. The lowest BCUT2D eigenvalue weighted by Crippen LogP contribution is -1.75. The summed E-state index contributed by atoms with van der Waals surface area (Å²) in [5, 5.41) is 0. The zero-order chi connectivity index (χ0) is 29.9. The van der Waals surface area contributed by atoms with Gasteiger partial charge in [-0.2, -0.15) is 0 Å². The smallest absolute Gasteiger partial charge is 0.106 e. The van der Waals surface area contributed by atoms with Crippen molar-refractivity contribution in [1.29, 1.82) is 0 Å². The van der Waals surface area contributed by atoms with Crippen LogP contribution in [0.5, 0.6) is 0 Å². The van der Waals surface area contributed by atoms with Gasteiger partial charge in [0, 0.05) is 81.6 Å². The largest absolute Gasteiger partial charge is 0.263 e. The number of halogens is 7. The van der Waals surface area contributed by atoms with Crippen LogP contribution in [0.1, 0.15) is 17.0 Å². The Kier molecular flexibility index (Phi) is 20.2. The molecule has 5 aromatic heterocycles. The predicted molar refractivity (Wildman–Crippen MR) is 189 cm³/mol. The first-order valence-corrected chi connectivity index (χ1v) is 16.8. The molecule has 0 atom stereocenters. The Bertz CT molecular complexity index is 1140. The van der Waals surface area contributed by atoms with Crippen LogP contribution in [-0.2, 0) is 0 Å². The lowest BCUT2D eigenvalue weighted by molar-refractivity contribution is 1.19. The van der Waals surface area contributed by atoms with E-state index in [0.29, 0.717) is 0 Å². The molecule has 0 saturated carbocycles. The molecule has 40 heavy (non-hydrogen) atoms. The van der Waals surface area contributed by atoms with E-state index in [9.17, 15) is 0 Å². The molecule has 5 aromatic rings. The molecule has 0 bridgehead atoms. The van der Waals surface area contributed by atoms with Crippen molar-refractivity contribution in [1.82, 2.24) is 24.9 Å². The van der Waals surface area contributed by atoms with E-state index in [1.165, 1.54) is 5.56 Å². The second-order valence-electron chi connectivity index (χ2n) is 7.54. The van der Waals surface area contributed by atoms with E-state index >= 15 is 0 Å². The van der Waals surface area contributed by atoms with Crippen LogP contribution in [0.2, 0.25) is 0 Å². The standard InChI is InChI=1S/3C6H6BrN.2C5H3Br2N/c1-5-2-6(7)4-8-3-5;2*1-5-2-3-6(7)4-8-5;6-4-1-5(7)3-8-2-4;6-4-1-2-5(7)8-3-4/h3*2-4H,1H3;2*1-3H. The van der Waals surface area contributed by atoms with Crippen molar-refractivity contribution in [2.24, 2.45) is 0 Å². The zero-order valence-corrected chi connectivity index (χ0v) is 32.6. The van der Waals surface area contributed by atoms with Gasteiger partial charge in [-0.05, 0) is 186 Å². The molecule has 0 aromatic carbocycles. The Hall–Kier alpha value is -0.890. The normalized spacial score (nSPS) is 9.25. The maximum absolute atomic E-state index is 4.03. The average molecular weight is 990 g/mol. The fraction of sp³-hybridized carbons (Fsp3) is 0.107. The highest BCUT2D eigenvalue weighted by molar-refractivity contribution is 9.11. The second-order valence-corrected chi connectivity index (χ2v) is 13.8. The van der Waals surface area contributed by atoms with E-state index in [0.717, 1.165) is 42.8 Å². The molecule has 12 heteroatoms. The van der Waals surface area contributed by atoms with Crippen molar-refractivity contribution in [3.8, 4) is 0 Å². The molecule has 5 heterocycles. The van der Waals surface area contributed by atoms with E-state index in [-0.39, 0.29) is 0 Å². The van der Waals surface area contributed by atoms with Crippen molar-refractivity contribution in [2.75, 3.05) is 0 Å². The quantitative estimate of drug-likeness (QED) is 0.145. The summed E-state index contributed by atoms with van der Waals surface area (Å²) in [6.07, 6.45) is 12.4. The maximum Gasteiger partial charge on any atom is 0.106 e. The van der Waals surface area contributed by atoms with Gasteiger partial charge in [0.15, 0.2) is 0 Å². The minimum Gasteiger partial charge on any atom is -0.263 e. The van der Waals surface area contributed by atoms with Crippen LogP contribution in [0.25, 0.3) is 0 Å². The van der Waals surface area contributed by atoms with Crippen molar-refractivity contribution >= 4 is 112 Å². The number of hydrogen-bond acceptors (Lipinski definition) is 5. The van der Waals surface area contributed by atoms with Crippen molar-refractivity contribution < 1.29 is 0 Å². The lowest BCUT2D eigenvalue weighted by Gasteiger charge is -1.88. The summed E-state index contributed by atoms with van der Waals surface area (Å²) in [7, 11) is 0. The molecular weight excluding hydrogens is 966 g/mol. The molecule has 0 fully saturated rings. The molecule has 0 unspecified atom stereocenters. The van der Waals surface area contributed by atoms with Gasteiger partial charge in [0.05, 0.1) is 0 Å². The third kappa shape index (κ3) is 20.1. The van der Waals surface area contributed by atoms with Gasteiger partial charge in [0.25, 0.3) is 0 Å². The van der Waals surface area contributed by atoms with Crippen LogP contribution in [0.4, 0.5) is 0 Å². The molecular formula is C28H24Br7N5. The Balaban J connectivity index is 0.000000250. The van der Waals surface area contributed by atoms with Gasteiger partial charge in [0.1, 0.15) is 4.60 Å². The molecule has 0 amide bonds. The highest BCUT2D eigenvalue weighted by atomic mass is 79.9. The van der Waals surface area contributed by atoms with Gasteiger partial charge < -0.3 is 0 Å². The number of nitrogens with zero attached hydrogens (tertiary/aromatic N) is 5. The summed E-state index contributed by atoms with van der Waals surface area (Å²) in [4.78, 5) is 19.8. The van der Waals surface area contributed by atoms with Crippen molar-refractivity contribution in [3.05, 3.63) is 140 Å². The van der Waals surface area contributed by atoms with Gasteiger partial charge >= 0.3 is 0 Å². The van der Waals surface area contributed by atoms with Gasteiger partial charge in [-0.15, -0.1) is 0 Å². The topological polar surface area (TPSA) is 64.5 Å². The fourth-order valence-corrected chi connectivity index (χ4v) is 4.62. The molecule has 210 valence electrons. The molecule has 0 aliphatic rings. The Morgan fingerprint density at radius 1 is 0.400 bits per heavy atom. The molecule has 0 N–H and O–H groups in total. The van der Waals surface area contributed by atoms with E-state index in [1.54, 1.807) is 37.2 Å². The Morgan fingerprint density at radius 3 is 1.02 bits per heavy atom. The highest BCUT2D eigenvalue weighted by Crippen LogP contribution is 2.14. The van der Waals surface area contributed by atoms with Crippen LogP contribution in [-0.4, -0.2) is 24.9 Å². The lowest BCUT2D eigenvalue weighted by atomic mass is 10.3. The van der Waals surface area contributed by atoms with E-state index in [2.05, 4.69) is 136 Å². The average Bonchev–Trinajstić information content (AvgIpc) is 2.91. The van der Waals surface area contributed by atoms with Crippen LogP contribution < -0.4 is 0 Å². The monoisotopic (exact) mass is 983 g/mol. The summed E-state index contributed by atoms with van der Waals surface area (Å²) in [5.41, 5.74) is 3.28.